The van der Waals surface area contributed by atoms with E-state index in [0.717, 1.165) is 6.07 Å². The van der Waals surface area contributed by atoms with Crippen molar-refractivity contribution in [2.75, 3.05) is 11.9 Å². The van der Waals surface area contributed by atoms with Crippen LogP contribution in [0.15, 0.2) is 40.8 Å². The van der Waals surface area contributed by atoms with Crippen LogP contribution in [0.25, 0.3) is 0 Å². The third kappa shape index (κ3) is 4.34. The second kappa shape index (κ2) is 7.49. The van der Waals surface area contributed by atoms with Crippen LogP contribution in [0.4, 0.5) is 23.7 Å². The number of hydrogen-bond donors (Lipinski definition) is 3. The molecule has 138 valence electrons. The summed E-state index contributed by atoms with van der Waals surface area (Å²) in [6, 6.07) is 9.48. The maximum Gasteiger partial charge on any atom is 0.424 e. The van der Waals surface area contributed by atoms with Crippen molar-refractivity contribution in [1.82, 2.24) is 5.32 Å². The Morgan fingerprint density at radius 1 is 1.23 bits per heavy atom. The number of carbonyl (C=O) groups excluding carboxylic acids is 1. The van der Waals surface area contributed by atoms with Gasteiger partial charge in [-0.3, -0.25) is 0 Å². The number of carbonyl (C=O) groups is 1. The van der Waals surface area contributed by atoms with Crippen LogP contribution in [0.3, 0.4) is 0 Å². The highest BCUT2D eigenvalue weighted by molar-refractivity contribution is 5.89. The number of rotatable bonds is 5. The maximum atomic E-state index is 13.3. The highest BCUT2D eigenvalue weighted by Gasteiger charge is 2.56. The fraction of sp³-hybridized carbons (Fsp3) is 0.294. The van der Waals surface area contributed by atoms with Gasteiger partial charge in [0.05, 0.1) is 11.6 Å². The van der Waals surface area contributed by atoms with Crippen molar-refractivity contribution in [2.45, 2.75) is 25.1 Å². The lowest BCUT2D eigenvalue weighted by Gasteiger charge is -2.28. The number of nitrogens with zero attached hydrogens (tertiary/aromatic N) is 1. The minimum Gasteiger partial charge on any atom is -0.463 e. The van der Waals surface area contributed by atoms with E-state index in [2.05, 4.69) is 10.6 Å². The van der Waals surface area contributed by atoms with Crippen molar-refractivity contribution < 1.29 is 27.5 Å². The molecule has 0 saturated carbocycles. The Balaban J connectivity index is 1.96. The summed E-state index contributed by atoms with van der Waals surface area (Å²) in [6.07, 6.45) is -5.78. The molecule has 1 aromatic heterocycles. The standard InChI is InChI=1S/C17H16F3N3O3/c1-11-2-7-14(26-11)16(25,17(18,19)20)8-9-22-15(24)23-13-5-3-12(10-21)4-6-13/h2-7,25H,8-9H2,1H3,(H2,22,23,24)/t16-/m0/s1. The third-order valence-electron chi connectivity index (χ3n) is 3.66. The number of halogens is 3. The predicted octanol–water partition coefficient (Wildman–Crippen LogP) is 3.42. The van der Waals surface area contributed by atoms with Crippen LogP contribution in [0.1, 0.15) is 23.5 Å². The van der Waals surface area contributed by atoms with Crippen LogP contribution >= 0.6 is 0 Å². The van der Waals surface area contributed by atoms with Crippen LogP contribution < -0.4 is 10.6 Å². The molecule has 6 nitrogen and oxygen atoms in total. The molecule has 0 fully saturated rings. The number of aryl methyl sites for hydroxylation is 1. The molecule has 0 unspecified atom stereocenters. The van der Waals surface area contributed by atoms with Crippen LogP contribution in [0.5, 0.6) is 0 Å². The van der Waals surface area contributed by atoms with E-state index >= 15 is 0 Å². The largest absolute Gasteiger partial charge is 0.463 e. The van der Waals surface area contributed by atoms with Gasteiger partial charge in [0.25, 0.3) is 0 Å². The smallest absolute Gasteiger partial charge is 0.424 e. The minimum absolute atomic E-state index is 0.231. The van der Waals surface area contributed by atoms with Crippen molar-refractivity contribution in [3.63, 3.8) is 0 Å². The molecule has 0 aliphatic rings. The molecule has 0 bridgehead atoms. The number of nitrogens with one attached hydrogen (secondary N) is 2. The summed E-state index contributed by atoms with van der Waals surface area (Å²) >= 11 is 0. The molecule has 2 amide bonds. The van der Waals surface area contributed by atoms with E-state index in [0.29, 0.717) is 11.3 Å². The van der Waals surface area contributed by atoms with Crippen molar-refractivity contribution >= 4 is 11.7 Å². The van der Waals surface area contributed by atoms with E-state index in [1.54, 1.807) is 0 Å². The molecule has 0 aliphatic heterocycles. The molecule has 1 heterocycles. The zero-order valence-electron chi connectivity index (χ0n) is 13.7. The fourth-order valence-corrected chi connectivity index (χ4v) is 2.22. The molecule has 26 heavy (non-hydrogen) atoms. The zero-order valence-corrected chi connectivity index (χ0v) is 13.7. The first-order valence-corrected chi connectivity index (χ1v) is 7.57. The summed E-state index contributed by atoms with van der Waals surface area (Å²) in [5.74, 6) is -0.397. The number of urea groups is 1. The Morgan fingerprint density at radius 3 is 2.38 bits per heavy atom. The Bertz CT molecular complexity index is 809. The van der Waals surface area contributed by atoms with Crippen molar-refractivity contribution in [3.05, 3.63) is 53.5 Å². The first-order valence-electron chi connectivity index (χ1n) is 7.57. The van der Waals surface area contributed by atoms with Gasteiger partial charge in [0.1, 0.15) is 11.5 Å². The van der Waals surface area contributed by atoms with E-state index in [1.165, 1.54) is 37.3 Å². The number of alkyl halides is 3. The molecular formula is C17H16F3N3O3. The quantitative estimate of drug-likeness (QED) is 0.754. The van der Waals surface area contributed by atoms with E-state index in [-0.39, 0.29) is 5.76 Å². The van der Waals surface area contributed by atoms with E-state index in [9.17, 15) is 23.1 Å². The van der Waals surface area contributed by atoms with Gasteiger partial charge in [-0.15, -0.1) is 0 Å². The number of hydrogen-bond acceptors (Lipinski definition) is 4. The van der Waals surface area contributed by atoms with Gasteiger partial charge in [-0.25, -0.2) is 4.79 Å². The lowest BCUT2D eigenvalue weighted by molar-refractivity contribution is -0.274. The second-order valence-electron chi connectivity index (χ2n) is 5.59. The monoisotopic (exact) mass is 367 g/mol. The van der Waals surface area contributed by atoms with Gasteiger partial charge in [-0.1, -0.05) is 0 Å². The number of anilines is 1. The predicted molar refractivity (Wildman–Crippen MR) is 86.2 cm³/mol. The van der Waals surface area contributed by atoms with Crippen LogP contribution in [0.2, 0.25) is 0 Å². The van der Waals surface area contributed by atoms with Gasteiger partial charge in [0.2, 0.25) is 5.60 Å². The zero-order chi connectivity index (χ0) is 19.4. The Kier molecular flexibility index (Phi) is 5.57. The number of aliphatic hydroxyl groups is 1. The van der Waals surface area contributed by atoms with Gasteiger partial charge >= 0.3 is 12.2 Å². The van der Waals surface area contributed by atoms with E-state index in [4.69, 9.17) is 9.68 Å². The van der Waals surface area contributed by atoms with E-state index < -0.39 is 36.5 Å². The van der Waals surface area contributed by atoms with Gasteiger partial charge in [-0.05, 0) is 43.3 Å². The summed E-state index contributed by atoms with van der Waals surface area (Å²) in [5.41, 5.74) is -2.43. The topological polar surface area (TPSA) is 98.3 Å². The molecule has 1 aromatic carbocycles. The first-order chi connectivity index (χ1) is 12.2. The van der Waals surface area contributed by atoms with Crippen molar-refractivity contribution in [3.8, 4) is 6.07 Å². The molecule has 9 heteroatoms. The number of amides is 2. The SMILES string of the molecule is Cc1ccc([C@@](O)(CCNC(=O)Nc2ccc(C#N)cc2)C(F)(F)F)o1. The van der Waals surface area contributed by atoms with Crippen LogP contribution in [0, 0.1) is 18.3 Å². The molecule has 2 rings (SSSR count). The average molecular weight is 367 g/mol. The number of benzene rings is 1. The highest BCUT2D eigenvalue weighted by atomic mass is 19.4. The Hall–Kier alpha value is -2.99. The minimum atomic E-state index is -4.97. The molecule has 0 aliphatic carbocycles. The third-order valence-corrected chi connectivity index (χ3v) is 3.66. The Morgan fingerprint density at radius 2 is 1.88 bits per heavy atom. The summed E-state index contributed by atoms with van der Waals surface area (Å²) in [6.45, 7) is 1.02. The molecule has 1 atom stereocenters. The lowest BCUT2D eigenvalue weighted by atomic mass is 9.96. The lowest BCUT2D eigenvalue weighted by Crippen LogP contribution is -2.45. The van der Waals surface area contributed by atoms with Gasteiger partial charge in [0.15, 0.2) is 0 Å². The average Bonchev–Trinajstić information content (AvgIpc) is 3.01. The number of furan rings is 1. The van der Waals surface area contributed by atoms with Gasteiger partial charge < -0.3 is 20.2 Å². The van der Waals surface area contributed by atoms with E-state index in [1.807, 2.05) is 6.07 Å². The number of nitriles is 1. The van der Waals surface area contributed by atoms with Crippen LogP contribution in [-0.4, -0.2) is 23.9 Å². The van der Waals surface area contributed by atoms with Crippen molar-refractivity contribution in [1.29, 1.82) is 5.26 Å². The summed E-state index contributed by atoms with van der Waals surface area (Å²) < 4.78 is 44.8. The Labute approximate surface area is 147 Å². The summed E-state index contributed by atoms with van der Waals surface area (Å²) in [5, 5.41) is 23.4. The molecule has 3 N–H and O–H groups in total. The normalized spacial score (nSPS) is 13.5. The fourth-order valence-electron chi connectivity index (χ4n) is 2.22. The highest BCUT2D eigenvalue weighted by Crippen LogP contribution is 2.41. The molecule has 2 aromatic rings. The maximum absolute atomic E-state index is 13.3. The molecule has 0 radical (unpaired) electrons. The van der Waals surface area contributed by atoms with Gasteiger partial charge in [0, 0.05) is 18.7 Å². The second-order valence-corrected chi connectivity index (χ2v) is 5.59. The van der Waals surface area contributed by atoms with Crippen LogP contribution in [-0.2, 0) is 5.60 Å². The first kappa shape index (κ1) is 19.3. The summed E-state index contributed by atoms with van der Waals surface area (Å²) in [7, 11) is 0. The molecule has 0 spiro atoms. The molecule has 0 saturated heterocycles. The molecular weight excluding hydrogens is 351 g/mol. The van der Waals surface area contributed by atoms with Gasteiger partial charge in [-0.2, -0.15) is 18.4 Å². The van der Waals surface area contributed by atoms with Crippen molar-refractivity contribution in [2.24, 2.45) is 0 Å². The summed E-state index contributed by atoms with van der Waals surface area (Å²) in [4.78, 5) is 11.8.